The number of rotatable bonds is 3. The average molecular weight is 334 g/mol. The third kappa shape index (κ3) is 2.93. The van der Waals surface area contributed by atoms with E-state index >= 15 is 0 Å². The van der Waals surface area contributed by atoms with Gasteiger partial charge in [0.25, 0.3) is 0 Å². The predicted molar refractivity (Wildman–Crippen MR) is 99.4 cm³/mol. The largest absolute Gasteiger partial charge is 0.508 e. The van der Waals surface area contributed by atoms with Gasteiger partial charge in [0.1, 0.15) is 17.2 Å². The van der Waals surface area contributed by atoms with Crippen molar-refractivity contribution in [1.82, 2.24) is 0 Å². The first-order valence-electron chi connectivity index (χ1n) is 8.22. The van der Waals surface area contributed by atoms with Gasteiger partial charge in [-0.3, -0.25) is 0 Å². The molecule has 3 nitrogen and oxygen atoms in total. The molecule has 0 saturated heterocycles. The van der Waals surface area contributed by atoms with E-state index in [0.717, 1.165) is 27.8 Å². The van der Waals surface area contributed by atoms with E-state index in [2.05, 4.69) is 6.92 Å². The van der Waals surface area contributed by atoms with E-state index in [9.17, 15) is 15.3 Å². The fraction of sp³-hybridized carbons (Fsp3) is 0.182. The van der Waals surface area contributed by atoms with Crippen LogP contribution >= 0.6 is 0 Å². The maximum absolute atomic E-state index is 9.90. The third-order valence-corrected chi connectivity index (χ3v) is 4.99. The van der Waals surface area contributed by atoms with Crippen molar-refractivity contribution >= 4 is 0 Å². The second kappa shape index (κ2) is 6.17. The topological polar surface area (TPSA) is 60.7 Å². The molecule has 0 aliphatic rings. The summed E-state index contributed by atoms with van der Waals surface area (Å²) in [6.07, 6.45) is 0. The first-order chi connectivity index (χ1) is 11.8. The molecule has 0 spiro atoms. The summed E-state index contributed by atoms with van der Waals surface area (Å²) in [5, 5.41) is 29.5. The third-order valence-electron chi connectivity index (χ3n) is 4.99. The molecule has 3 aromatic rings. The summed E-state index contributed by atoms with van der Waals surface area (Å²) < 4.78 is 0. The van der Waals surface area contributed by atoms with Crippen molar-refractivity contribution < 1.29 is 15.3 Å². The molecule has 3 heteroatoms. The summed E-state index contributed by atoms with van der Waals surface area (Å²) in [4.78, 5) is 0. The Kier molecular flexibility index (Phi) is 4.17. The fourth-order valence-corrected chi connectivity index (χ4v) is 3.23. The molecule has 0 bridgehead atoms. The molecule has 0 unspecified atom stereocenters. The molecular formula is C22H22O3. The highest BCUT2D eigenvalue weighted by Crippen LogP contribution is 2.41. The fourth-order valence-electron chi connectivity index (χ4n) is 3.23. The van der Waals surface area contributed by atoms with Crippen LogP contribution in [-0.2, 0) is 5.41 Å². The van der Waals surface area contributed by atoms with Crippen molar-refractivity contribution in [3.63, 3.8) is 0 Å². The summed E-state index contributed by atoms with van der Waals surface area (Å²) in [6, 6.07) is 18.3. The van der Waals surface area contributed by atoms with Gasteiger partial charge in [-0.25, -0.2) is 0 Å². The minimum atomic E-state index is -0.495. The van der Waals surface area contributed by atoms with E-state index < -0.39 is 5.41 Å². The van der Waals surface area contributed by atoms with Crippen LogP contribution in [0, 0.1) is 13.8 Å². The van der Waals surface area contributed by atoms with E-state index in [1.165, 1.54) is 0 Å². The van der Waals surface area contributed by atoms with Crippen LogP contribution in [-0.4, -0.2) is 15.3 Å². The molecule has 0 aromatic heterocycles. The van der Waals surface area contributed by atoms with E-state index in [1.807, 2.05) is 50.2 Å². The highest BCUT2D eigenvalue weighted by molar-refractivity contribution is 5.54. The van der Waals surface area contributed by atoms with Gasteiger partial charge in [-0.05, 0) is 72.9 Å². The predicted octanol–water partition coefficient (Wildman–Crippen LogP) is 4.77. The summed E-state index contributed by atoms with van der Waals surface area (Å²) in [5.74, 6) is 0.743. The summed E-state index contributed by atoms with van der Waals surface area (Å²) in [6.45, 7) is 5.85. The van der Waals surface area contributed by atoms with Crippen LogP contribution in [0.25, 0.3) is 0 Å². The van der Waals surface area contributed by atoms with Crippen LogP contribution < -0.4 is 0 Å². The van der Waals surface area contributed by atoms with Gasteiger partial charge >= 0.3 is 0 Å². The van der Waals surface area contributed by atoms with Crippen LogP contribution in [0.5, 0.6) is 17.2 Å². The van der Waals surface area contributed by atoms with Crippen molar-refractivity contribution in [2.45, 2.75) is 26.2 Å². The Labute approximate surface area is 147 Å². The first kappa shape index (κ1) is 16.9. The lowest BCUT2D eigenvalue weighted by molar-refractivity contribution is 0.470. The first-order valence-corrected chi connectivity index (χ1v) is 8.22. The molecule has 3 aromatic carbocycles. The molecule has 0 amide bonds. The number of hydrogen-bond donors (Lipinski definition) is 3. The Bertz CT molecular complexity index is 860. The van der Waals surface area contributed by atoms with Crippen LogP contribution in [0.15, 0.2) is 60.7 Å². The molecule has 25 heavy (non-hydrogen) atoms. The minimum absolute atomic E-state index is 0.217. The van der Waals surface area contributed by atoms with Gasteiger partial charge in [-0.2, -0.15) is 0 Å². The lowest BCUT2D eigenvalue weighted by Crippen LogP contribution is -2.25. The van der Waals surface area contributed by atoms with Gasteiger partial charge in [-0.15, -0.1) is 0 Å². The molecule has 0 radical (unpaired) electrons. The molecule has 0 heterocycles. The number of hydrogen-bond acceptors (Lipinski definition) is 3. The van der Waals surface area contributed by atoms with Crippen molar-refractivity contribution in [2.75, 3.05) is 0 Å². The number of benzene rings is 3. The summed E-state index contributed by atoms with van der Waals surface area (Å²) >= 11 is 0. The molecule has 128 valence electrons. The second-order valence-electron chi connectivity index (χ2n) is 6.67. The van der Waals surface area contributed by atoms with Crippen LogP contribution in [0.3, 0.4) is 0 Å². The molecule has 3 rings (SSSR count). The molecule has 0 saturated carbocycles. The maximum Gasteiger partial charge on any atom is 0.118 e. The Morgan fingerprint density at radius 1 is 0.600 bits per heavy atom. The number of aryl methyl sites for hydroxylation is 2. The number of aromatic hydroxyl groups is 3. The number of phenolic OH excluding ortho intramolecular Hbond substituents is 3. The molecule has 3 N–H and O–H groups in total. The standard InChI is InChI=1S/C22H22O3/c1-14-12-17(6-10-20(14)24)22(3,16-4-8-19(23)9-5-16)18-7-11-21(25)15(2)13-18/h4-13,23-25H,1-3H3. The molecular weight excluding hydrogens is 312 g/mol. The smallest absolute Gasteiger partial charge is 0.118 e. The van der Waals surface area contributed by atoms with Crippen LogP contribution in [0.1, 0.15) is 34.7 Å². The molecule has 0 atom stereocenters. The summed E-state index contributed by atoms with van der Waals surface area (Å²) in [5.41, 5.74) is 4.18. The Balaban J connectivity index is 2.28. The van der Waals surface area contributed by atoms with Gasteiger partial charge in [0.15, 0.2) is 0 Å². The number of phenols is 3. The second-order valence-corrected chi connectivity index (χ2v) is 6.67. The SMILES string of the molecule is Cc1cc(C(C)(c2ccc(O)cc2)c2ccc(O)c(C)c2)ccc1O. The highest BCUT2D eigenvalue weighted by atomic mass is 16.3. The van der Waals surface area contributed by atoms with Crippen LogP contribution in [0.4, 0.5) is 0 Å². The van der Waals surface area contributed by atoms with Gasteiger partial charge in [-0.1, -0.05) is 36.4 Å². The van der Waals surface area contributed by atoms with E-state index in [4.69, 9.17) is 0 Å². The summed E-state index contributed by atoms with van der Waals surface area (Å²) in [7, 11) is 0. The maximum atomic E-state index is 9.90. The average Bonchev–Trinajstić information content (AvgIpc) is 2.59. The molecule has 0 aliphatic carbocycles. The van der Waals surface area contributed by atoms with Crippen molar-refractivity contribution in [3.8, 4) is 17.2 Å². The quantitative estimate of drug-likeness (QED) is 0.604. The van der Waals surface area contributed by atoms with E-state index in [0.29, 0.717) is 0 Å². The minimum Gasteiger partial charge on any atom is -0.508 e. The normalized spacial score (nSPS) is 11.5. The van der Waals surface area contributed by atoms with Gasteiger partial charge < -0.3 is 15.3 Å². The van der Waals surface area contributed by atoms with Crippen molar-refractivity contribution in [3.05, 3.63) is 88.5 Å². The zero-order valence-electron chi connectivity index (χ0n) is 14.6. The van der Waals surface area contributed by atoms with Crippen molar-refractivity contribution in [1.29, 1.82) is 0 Å². The van der Waals surface area contributed by atoms with Gasteiger partial charge in [0.2, 0.25) is 0 Å². The molecule has 0 aliphatic heterocycles. The lowest BCUT2D eigenvalue weighted by Gasteiger charge is -2.32. The lowest BCUT2D eigenvalue weighted by atomic mass is 9.70. The Morgan fingerprint density at radius 3 is 1.40 bits per heavy atom. The molecule has 0 fully saturated rings. The Morgan fingerprint density at radius 2 is 1.00 bits per heavy atom. The van der Waals surface area contributed by atoms with Gasteiger partial charge in [0.05, 0.1) is 0 Å². The van der Waals surface area contributed by atoms with Crippen LogP contribution in [0.2, 0.25) is 0 Å². The zero-order valence-corrected chi connectivity index (χ0v) is 14.6. The Hall–Kier alpha value is -2.94. The highest BCUT2D eigenvalue weighted by Gasteiger charge is 2.32. The monoisotopic (exact) mass is 334 g/mol. The van der Waals surface area contributed by atoms with E-state index in [-0.39, 0.29) is 17.2 Å². The zero-order chi connectivity index (χ0) is 18.2. The van der Waals surface area contributed by atoms with E-state index in [1.54, 1.807) is 24.3 Å². The van der Waals surface area contributed by atoms with Gasteiger partial charge in [0, 0.05) is 5.41 Å². The van der Waals surface area contributed by atoms with Crippen molar-refractivity contribution in [2.24, 2.45) is 0 Å².